The van der Waals surface area contributed by atoms with Crippen LogP contribution in [-0.2, 0) is 13.0 Å². The van der Waals surface area contributed by atoms with Crippen LogP contribution in [0, 0.1) is 13.8 Å². The Hall–Kier alpha value is -3.28. The topological polar surface area (TPSA) is 63.4 Å². The number of aryl methyl sites for hydroxylation is 2. The zero-order chi connectivity index (χ0) is 18.5. The summed E-state index contributed by atoms with van der Waals surface area (Å²) in [7, 11) is 0. The van der Waals surface area contributed by atoms with E-state index < -0.39 is 0 Å². The highest BCUT2D eigenvalue weighted by Crippen LogP contribution is 2.24. The number of hydrogen-bond acceptors (Lipinski definition) is 4. The molecule has 3 aromatic heterocycles. The molecule has 0 radical (unpaired) electrons. The first-order valence-corrected chi connectivity index (χ1v) is 9.09. The van der Waals surface area contributed by atoms with Gasteiger partial charge in [-0.3, -0.25) is 9.78 Å². The summed E-state index contributed by atoms with van der Waals surface area (Å²) in [6, 6.07) is 11.7. The summed E-state index contributed by atoms with van der Waals surface area (Å²) in [6.07, 6.45) is 2.63. The van der Waals surface area contributed by atoms with E-state index in [1.54, 1.807) is 0 Å². The first-order valence-electron chi connectivity index (χ1n) is 9.09. The second-order valence-corrected chi connectivity index (χ2v) is 7.09. The van der Waals surface area contributed by atoms with E-state index in [4.69, 9.17) is 0 Å². The highest BCUT2D eigenvalue weighted by atomic mass is 16.2. The lowest BCUT2D eigenvalue weighted by Gasteiger charge is -2.29. The molecule has 0 N–H and O–H groups in total. The molecule has 0 saturated carbocycles. The van der Waals surface area contributed by atoms with Crippen molar-refractivity contribution in [3.63, 3.8) is 0 Å². The molecule has 0 bridgehead atoms. The average molecular weight is 357 g/mol. The molecule has 6 nitrogen and oxygen atoms in total. The number of nitrogens with zero attached hydrogens (tertiary/aromatic N) is 5. The molecule has 4 aromatic rings. The molecule has 1 aromatic carbocycles. The quantitative estimate of drug-likeness (QED) is 0.525. The van der Waals surface area contributed by atoms with Crippen LogP contribution in [0.1, 0.15) is 33.0 Å². The van der Waals surface area contributed by atoms with Gasteiger partial charge in [0.2, 0.25) is 0 Å². The number of aromatic nitrogens is 4. The molecule has 27 heavy (non-hydrogen) atoms. The lowest BCUT2D eigenvalue weighted by molar-refractivity contribution is 0.0734. The van der Waals surface area contributed by atoms with Gasteiger partial charge >= 0.3 is 0 Å². The monoisotopic (exact) mass is 357 g/mol. The lowest BCUT2D eigenvalue weighted by Crippen LogP contribution is -2.37. The number of carbonyl (C=O) groups excluding carboxylic acids is 1. The minimum absolute atomic E-state index is 0.0149. The van der Waals surface area contributed by atoms with Gasteiger partial charge in [-0.05, 0) is 26.0 Å². The Balaban J connectivity index is 1.53. The number of fused-ring (bicyclic) bond motifs is 4. The Kier molecular flexibility index (Phi) is 3.47. The first kappa shape index (κ1) is 15.9. The molecule has 1 aliphatic heterocycles. The van der Waals surface area contributed by atoms with Crippen molar-refractivity contribution in [1.29, 1.82) is 0 Å². The molecule has 0 aliphatic carbocycles. The average Bonchev–Trinajstić information content (AvgIpc) is 3.07. The van der Waals surface area contributed by atoms with E-state index in [-0.39, 0.29) is 5.91 Å². The zero-order valence-electron chi connectivity index (χ0n) is 15.3. The van der Waals surface area contributed by atoms with Crippen LogP contribution >= 0.6 is 0 Å². The molecule has 0 spiro atoms. The molecule has 0 saturated heterocycles. The van der Waals surface area contributed by atoms with E-state index >= 15 is 0 Å². The van der Waals surface area contributed by atoms with Crippen molar-refractivity contribution in [2.45, 2.75) is 26.8 Å². The Morgan fingerprint density at radius 3 is 2.89 bits per heavy atom. The predicted octanol–water partition coefficient (Wildman–Crippen LogP) is 3.09. The van der Waals surface area contributed by atoms with Crippen LogP contribution in [0.25, 0.3) is 16.6 Å². The van der Waals surface area contributed by atoms with Crippen LogP contribution in [0.2, 0.25) is 0 Å². The maximum atomic E-state index is 13.2. The molecule has 1 aliphatic rings. The van der Waals surface area contributed by atoms with Gasteiger partial charge in [0.05, 0.1) is 22.5 Å². The summed E-state index contributed by atoms with van der Waals surface area (Å²) in [5.74, 6) is 0.0149. The summed E-state index contributed by atoms with van der Waals surface area (Å²) in [5, 5.41) is 5.53. The van der Waals surface area contributed by atoms with Crippen molar-refractivity contribution in [2.75, 3.05) is 6.54 Å². The molecule has 0 fully saturated rings. The van der Waals surface area contributed by atoms with E-state index in [2.05, 4.69) is 15.1 Å². The number of rotatable bonds is 1. The van der Waals surface area contributed by atoms with Crippen molar-refractivity contribution in [3.8, 4) is 0 Å². The maximum Gasteiger partial charge on any atom is 0.256 e. The summed E-state index contributed by atoms with van der Waals surface area (Å²) in [4.78, 5) is 24.2. The Morgan fingerprint density at radius 1 is 1.11 bits per heavy atom. The van der Waals surface area contributed by atoms with Gasteiger partial charge in [-0.1, -0.05) is 18.2 Å². The number of amides is 1. The number of benzene rings is 1. The van der Waals surface area contributed by atoms with Crippen LogP contribution in [0.15, 0.2) is 42.6 Å². The van der Waals surface area contributed by atoms with Gasteiger partial charge in [0.1, 0.15) is 0 Å². The van der Waals surface area contributed by atoms with Gasteiger partial charge < -0.3 is 4.90 Å². The van der Waals surface area contributed by atoms with Gasteiger partial charge in [0.25, 0.3) is 5.91 Å². The number of carbonyl (C=O) groups is 1. The van der Waals surface area contributed by atoms with Crippen LogP contribution in [0.3, 0.4) is 0 Å². The van der Waals surface area contributed by atoms with Gasteiger partial charge in [-0.2, -0.15) is 5.10 Å². The second kappa shape index (κ2) is 5.87. The van der Waals surface area contributed by atoms with Gasteiger partial charge in [-0.15, -0.1) is 0 Å². The van der Waals surface area contributed by atoms with Crippen LogP contribution in [0.5, 0.6) is 0 Å². The summed E-state index contributed by atoms with van der Waals surface area (Å²) in [6.45, 7) is 5.11. The van der Waals surface area contributed by atoms with Gasteiger partial charge in [0.15, 0.2) is 5.65 Å². The zero-order valence-corrected chi connectivity index (χ0v) is 15.3. The molecular weight excluding hydrogens is 338 g/mol. The van der Waals surface area contributed by atoms with Crippen molar-refractivity contribution in [1.82, 2.24) is 24.5 Å². The fourth-order valence-electron chi connectivity index (χ4n) is 3.82. The van der Waals surface area contributed by atoms with Crippen LogP contribution < -0.4 is 0 Å². The van der Waals surface area contributed by atoms with E-state index in [1.165, 1.54) is 0 Å². The molecular formula is C21H19N5O. The third-order valence-corrected chi connectivity index (χ3v) is 5.15. The van der Waals surface area contributed by atoms with Crippen molar-refractivity contribution in [3.05, 3.63) is 70.8 Å². The second-order valence-electron chi connectivity index (χ2n) is 7.09. The van der Waals surface area contributed by atoms with Crippen LogP contribution in [0.4, 0.5) is 0 Å². The molecule has 4 heterocycles. The van der Waals surface area contributed by atoms with E-state index in [0.717, 1.165) is 45.6 Å². The lowest BCUT2D eigenvalue weighted by atomic mass is 10.0. The minimum Gasteiger partial charge on any atom is -0.334 e. The Bertz CT molecular complexity index is 1210. The molecule has 6 heteroatoms. The smallest absolute Gasteiger partial charge is 0.256 e. The predicted molar refractivity (Wildman–Crippen MR) is 103 cm³/mol. The van der Waals surface area contributed by atoms with E-state index in [9.17, 15) is 4.79 Å². The maximum absolute atomic E-state index is 13.2. The summed E-state index contributed by atoms with van der Waals surface area (Å²) < 4.78 is 1.91. The van der Waals surface area contributed by atoms with Crippen LogP contribution in [-0.4, -0.2) is 36.9 Å². The molecule has 0 atom stereocenters. The summed E-state index contributed by atoms with van der Waals surface area (Å²) >= 11 is 0. The Labute approximate surface area is 156 Å². The van der Waals surface area contributed by atoms with Crippen molar-refractivity contribution >= 4 is 22.5 Å². The highest BCUT2D eigenvalue weighted by molar-refractivity contribution is 6.05. The normalized spacial score (nSPS) is 13.9. The fourth-order valence-corrected chi connectivity index (χ4v) is 3.82. The third-order valence-electron chi connectivity index (χ3n) is 5.15. The SMILES string of the molecule is Cc1ccc2cccc(C(=O)N3CCc4c(cnc5cc(C)nn45)C3)c2n1. The largest absolute Gasteiger partial charge is 0.334 e. The van der Waals surface area contributed by atoms with Crippen molar-refractivity contribution in [2.24, 2.45) is 0 Å². The number of pyridine rings is 1. The molecule has 5 rings (SSSR count). The third kappa shape index (κ3) is 2.56. The summed E-state index contributed by atoms with van der Waals surface area (Å²) in [5.41, 5.74) is 6.34. The Morgan fingerprint density at radius 2 is 2.00 bits per heavy atom. The molecule has 134 valence electrons. The highest BCUT2D eigenvalue weighted by Gasteiger charge is 2.25. The van der Waals surface area contributed by atoms with Crippen molar-refractivity contribution < 1.29 is 4.79 Å². The number of hydrogen-bond donors (Lipinski definition) is 0. The molecule has 0 unspecified atom stereocenters. The van der Waals surface area contributed by atoms with Gasteiger partial charge in [-0.25, -0.2) is 9.50 Å². The first-order chi connectivity index (χ1) is 13.1. The fraction of sp³-hybridized carbons (Fsp3) is 0.238. The molecule has 1 amide bonds. The number of para-hydroxylation sites is 1. The minimum atomic E-state index is 0.0149. The van der Waals surface area contributed by atoms with Gasteiger partial charge in [0, 0.05) is 48.4 Å². The standard InChI is InChI=1S/C21H19N5O/c1-13-6-7-15-4-3-5-17(20(15)23-13)21(27)25-9-8-18-16(12-25)11-22-19-10-14(2)24-26(18)19/h3-7,10-11H,8-9,12H2,1-2H3. The van der Waals surface area contributed by atoms with E-state index in [0.29, 0.717) is 18.7 Å². The van der Waals surface area contributed by atoms with E-state index in [1.807, 2.05) is 65.9 Å².